The van der Waals surface area contributed by atoms with Gasteiger partial charge in [-0.05, 0) is 43.5 Å². The highest BCUT2D eigenvalue weighted by Crippen LogP contribution is 2.34. The maximum absolute atomic E-state index is 12.9. The van der Waals surface area contributed by atoms with Crippen molar-refractivity contribution in [2.75, 3.05) is 13.1 Å². The summed E-state index contributed by atoms with van der Waals surface area (Å²) in [5.41, 5.74) is 2.84. The molecular weight excluding hydrogens is 364 g/mol. The van der Waals surface area contributed by atoms with E-state index < -0.39 is 0 Å². The molecule has 0 saturated carbocycles. The highest BCUT2D eigenvalue weighted by Gasteiger charge is 2.24. The minimum atomic E-state index is -0.102. The van der Waals surface area contributed by atoms with Crippen LogP contribution in [0.4, 0.5) is 0 Å². The lowest BCUT2D eigenvalue weighted by Gasteiger charge is -2.25. The van der Waals surface area contributed by atoms with Crippen LogP contribution in [0.3, 0.4) is 0 Å². The van der Waals surface area contributed by atoms with Crippen molar-refractivity contribution in [2.24, 2.45) is 0 Å². The molecule has 1 amide bonds. The van der Waals surface area contributed by atoms with Crippen LogP contribution in [0.1, 0.15) is 29.9 Å². The largest absolute Gasteiger partial charge is 0.506 e. The van der Waals surface area contributed by atoms with Gasteiger partial charge < -0.3 is 15.0 Å². The Labute approximate surface area is 161 Å². The minimum absolute atomic E-state index is 0.0200. The maximum Gasteiger partial charge on any atom is 0.289 e. The van der Waals surface area contributed by atoms with Crippen molar-refractivity contribution in [1.29, 1.82) is 0 Å². The van der Waals surface area contributed by atoms with Crippen LogP contribution in [0.5, 0.6) is 5.75 Å². The number of carbonyl (C=O) groups excluding carboxylic acids is 1. The third-order valence-corrected chi connectivity index (χ3v) is 5.06. The summed E-state index contributed by atoms with van der Waals surface area (Å²) in [5.74, 6) is 0.177. The zero-order valence-corrected chi connectivity index (χ0v) is 15.4. The molecule has 27 heavy (non-hydrogen) atoms. The highest BCUT2D eigenvalue weighted by atomic mass is 35.5. The van der Waals surface area contributed by atoms with Crippen molar-refractivity contribution in [3.8, 4) is 28.3 Å². The van der Waals surface area contributed by atoms with Gasteiger partial charge in [-0.1, -0.05) is 17.7 Å². The predicted molar refractivity (Wildman–Crippen MR) is 104 cm³/mol. The van der Waals surface area contributed by atoms with E-state index >= 15 is 0 Å². The van der Waals surface area contributed by atoms with Crippen LogP contribution in [-0.4, -0.2) is 44.0 Å². The lowest BCUT2D eigenvalue weighted by Crippen LogP contribution is -2.36. The first kappa shape index (κ1) is 17.5. The van der Waals surface area contributed by atoms with E-state index in [9.17, 15) is 9.90 Å². The second-order valence-corrected chi connectivity index (χ2v) is 6.97. The molecule has 1 saturated heterocycles. The van der Waals surface area contributed by atoms with Crippen molar-refractivity contribution in [3.63, 3.8) is 0 Å². The number of likely N-dealkylation sites (tertiary alicyclic amines) is 1. The Kier molecular flexibility index (Phi) is 4.81. The number of aromatic nitrogens is 3. The Morgan fingerprint density at radius 3 is 2.52 bits per heavy atom. The van der Waals surface area contributed by atoms with Crippen molar-refractivity contribution < 1.29 is 9.90 Å². The molecule has 1 fully saturated rings. The predicted octanol–water partition coefficient (Wildman–Crippen LogP) is 4.12. The van der Waals surface area contributed by atoms with Crippen LogP contribution in [-0.2, 0) is 0 Å². The summed E-state index contributed by atoms with van der Waals surface area (Å²) < 4.78 is 0. The lowest BCUT2D eigenvalue weighted by atomic mass is 10.1. The van der Waals surface area contributed by atoms with E-state index in [0.717, 1.165) is 37.9 Å². The van der Waals surface area contributed by atoms with Gasteiger partial charge in [0.15, 0.2) is 5.82 Å². The number of aromatic hydroxyl groups is 1. The van der Waals surface area contributed by atoms with Crippen molar-refractivity contribution in [1.82, 2.24) is 19.9 Å². The summed E-state index contributed by atoms with van der Waals surface area (Å²) in [6.45, 7) is 1.50. The number of rotatable bonds is 3. The van der Waals surface area contributed by atoms with E-state index in [2.05, 4.69) is 15.0 Å². The van der Waals surface area contributed by atoms with Crippen LogP contribution < -0.4 is 0 Å². The molecule has 1 aromatic carbocycles. The number of nitrogens with one attached hydrogen (secondary N) is 1. The fourth-order valence-corrected chi connectivity index (χ4v) is 3.43. The number of piperidine rings is 1. The molecule has 3 aromatic rings. The molecule has 6 nitrogen and oxygen atoms in total. The van der Waals surface area contributed by atoms with Crippen LogP contribution in [0.15, 0.2) is 42.7 Å². The third-order valence-electron chi connectivity index (χ3n) is 4.74. The molecule has 4 rings (SSSR count). The molecule has 0 aliphatic carbocycles. The number of benzene rings is 1. The molecular formula is C20H19ClN4O2. The van der Waals surface area contributed by atoms with Gasteiger partial charge in [0, 0.05) is 36.6 Å². The normalized spacial score (nSPS) is 14.3. The number of halogens is 1. The highest BCUT2D eigenvalue weighted by molar-refractivity contribution is 6.32. The van der Waals surface area contributed by atoms with Crippen LogP contribution in [0.2, 0.25) is 5.02 Å². The quantitative estimate of drug-likeness (QED) is 0.713. The van der Waals surface area contributed by atoms with Crippen LogP contribution in [0, 0.1) is 0 Å². The van der Waals surface area contributed by atoms with E-state index in [4.69, 9.17) is 11.6 Å². The monoisotopic (exact) mass is 382 g/mol. The topological polar surface area (TPSA) is 82.1 Å². The van der Waals surface area contributed by atoms with Gasteiger partial charge >= 0.3 is 0 Å². The van der Waals surface area contributed by atoms with Crippen LogP contribution >= 0.6 is 11.6 Å². The molecule has 0 bridgehead atoms. The Hall–Kier alpha value is -2.86. The molecule has 3 heterocycles. The fraction of sp³-hybridized carbons (Fsp3) is 0.250. The second-order valence-electron chi connectivity index (χ2n) is 6.56. The van der Waals surface area contributed by atoms with Gasteiger partial charge in [0.25, 0.3) is 5.91 Å². The van der Waals surface area contributed by atoms with E-state index in [1.807, 2.05) is 17.0 Å². The summed E-state index contributed by atoms with van der Waals surface area (Å²) in [7, 11) is 0. The Bertz CT molecular complexity index is 965. The summed E-state index contributed by atoms with van der Waals surface area (Å²) >= 11 is 5.94. The number of H-pyrrole nitrogens is 1. The smallest absolute Gasteiger partial charge is 0.289 e. The average Bonchev–Trinajstić information content (AvgIpc) is 3.16. The maximum atomic E-state index is 12.9. The van der Waals surface area contributed by atoms with Gasteiger partial charge in [-0.3, -0.25) is 9.78 Å². The Morgan fingerprint density at radius 1 is 1.07 bits per heavy atom. The number of carbonyl (C=O) groups is 1. The second kappa shape index (κ2) is 7.40. The molecule has 138 valence electrons. The number of hydrogen-bond acceptors (Lipinski definition) is 4. The van der Waals surface area contributed by atoms with Crippen molar-refractivity contribution in [3.05, 3.63) is 53.6 Å². The lowest BCUT2D eigenvalue weighted by molar-refractivity contribution is 0.0713. The van der Waals surface area contributed by atoms with Gasteiger partial charge in [-0.15, -0.1) is 0 Å². The average molecular weight is 383 g/mol. The zero-order chi connectivity index (χ0) is 18.8. The SMILES string of the molecule is O=C(c1nc(-c2ccncc2)c(-c2ccc(Cl)c(O)c2)[nH]1)N1CCCCC1. The summed E-state index contributed by atoms with van der Waals surface area (Å²) in [6, 6.07) is 8.65. The summed E-state index contributed by atoms with van der Waals surface area (Å²) in [6.07, 6.45) is 6.54. The van der Waals surface area contributed by atoms with Gasteiger partial charge in [0.05, 0.1) is 16.4 Å². The number of amides is 1. The molecule has 2 aromatic heterocycles. The standard InChI is InChI=1S/C20H19ClN4O2/c21-15-5-4-14(12-16(15)26)18-17(13-6-8-22-9-7-13)23-19(24-18)20(27)25-10-2-1-3-11-25/h4-9,12,26H,1-3,10-11H2,(H,23,24). The number of nitrogens with zero attached hydrogens (tertiary/aromatic N) is 3. The number of phenols is 1. The molecule has 0 spiro atoms. The van der Waals surface area contributed by atoms with Gasteiger partial charge in [0.2, 0.25) is 0 Å². The Balaban J connectivity index is 1.79. The molecule has 1 aliphatic rings. The van der Waals surface area contributed by atoms with Crippen molar-refractivity contribution in [2.45, 2.75) is 19.3 Å². The van der Waals surface area contributed by atoms with Gasteiger partial charge in [-0.2, -0.15) is 0 Å². The minimum Gasteiger partial charge on any atom is -0.506 e. The van der Waals surface area contributed by atoms with E-state index in [1.165, 1.54) is 0 Å². The molecule has 2 N–H and O–H groups in total. The number of phenolic OH excluding ortho intramolecular Hbond substituents is 1. The fourth-order valence-electron chi connectivity index (χ4n) is 3.32. The van der Waals surface area contributed by atoms with Gasteiger partial charge in [0.1, 0.15) is 5.75 Å². The first-order chi connectivity index (χ1) is 13.1. The molecule has 0 atom stereocenters. The molecule has 7 heteroatoms. The van der Waals surface area contributed by atoms with E-state index in [0.29, 0.717) is 22.8 Å². The summed E-state index contributed by atoms with van der Waals surface area (Å²) in [5, 5.41) is 10.3. The first-order valence-electron chi connectivity index (χ1n) is 8.92. The number of aromatic amines is 1. The zero-order valence-electron chi connectivity index (χ0n) is 14.7. The first-order valence-corrected chi connectivity index (χ1v) is 9.30. The molecule has 0 radical (unpaired) electrons. The number of pyridine rings is 1. The van der Waals surface area contributed by atoms with Crippen LogP contribution in [0.25, 0.3) is 22.5 Å². The number of hydrogen-bond donors (Lipinski definition) is 2. The summed E-state index contributed by atoms with van der Waals surface area (Å²) in [4.78, 5) is 26.5. The van der Waals surface area contributed by atoms with E-state index in [1.54, 1.807) is 30.6 Å². The number of imidazole rings is 1. The third kappa shape index (κ3) is 3.53. The molecule has 1 aliphatic heterocycles. The van der Waals surface area contributed by atoms with Gasteiger partial charge in [-0.25, -0.2) is 4.98 Å². The van der Waals surface area contributed by atoms with Crippen molar-refractivity contribution >= 4 is 17.5 Å². The molecule has 0 unspecified atom stereocenters. The Morgan fingerprint density at radius 2 is 1.81 bits per heavy atom. The van der Waals surface area contributed by atoms with E-state index in [-0.39, 0.29) is 16.7 Å².